The fraction of sp³-hybridized carbons (Fsp3) is 0.391. The second kappa shape index (κ2) is 8.76. The van der Waals surface area contributed by atoms with Gasteiger partial charge in [-0.3, -0.25) is 0 Å². The molecular formula is C23H28FNOS2. The van der Waals surface area contributed by atoms with Crippen LogP contribution in [-0.4, -0.2) is 21.2 Å². The molecule has 0 saturated carbocycles. The highest BCUT2D eigenvalue weighted by Gasteiger charge is 2.29. The van der Waals surface area contributed by atoms with E-state index in [-0.39, 0.29) is 11.9 Å². The van der Waals surface area contributed by atoms with Crippen LogP contribution in [0.5, 0.6) is 0 Å². The summed E-state index contributed by atoms with van der Waals surface area (Å²) in [6, 6.07) is 8.96. The highest BCUT2D eigenvalue weighted by Crippen LogP contribution is 2.41. The van der Waals surface area contributed by atoms with E-state index in [0.717, 1.165) is 33.8 Å². The van der Waals surface area contributed by atoms with Crippen LogP contribution in [0.15, 0.2) is 42.0 Å². The Bertz CT molecular complexity index is 949. The molecule has 0 saturated heterocycles. The van der Waals surface area contributed by atoms with Gasteiger partial charge in [0, 0.05) is 16.8 Å². The molecule has 1 aromatic carbocycles. The lowest BCUT2D eigenvalue weighted by Crippen LogP contribution is -2.41. The van der Waals surface area contributed by atoms with Gasteiger partial charge >= 0.3 is 0 Å². The number of rotatable bonds is 6. The van der Waals surface area contributed by atoms with Crippen LogP contribution in [0.1, 0.15) is 52.3 Å². The number of benzene rings is 1. The number of thiophene rings is 1. The lowest BCUT2D eigenvalue weighted by Gasteiger charge is -2.34. The van der Waals surface area contributed by atoms with E-state index in [0.29, 0.717) is 11.0 Å². The molecule has 1 N–H and O–H groups in total. The van der Waals surface area contributed by atoms with Crippen LogP contribution < -0.4 is 4.90 Å². The van der Waals surface area contributed by atoms with E-state index in [1.807, 2.05) is 0 Å². The number of hydrogen-bond donors (Lipinski definition) is 1. The fourth-order valence-electron chi connectivity index (χ4n) is 3.28. The Labute approximate surface area is 174 Å². The van der Waals surface area contributed by atoms with Gasteiger partial charge in [0.1, 0.15) is 10.9 Å². The molecule has 1 unspecified atom stereocenters. The van der Waals surface area contributed by atoms with Gasteiger partial charge in [-0.1, -0.05) is 48.6 Å². The number of aliphatic hydroxyl groups is 1. The Hall–Kier alpha value is -1.69. The zero-order chi connectivity index (χ0) is 20.4. The van der Waals surface area contributed by atoms with Gasteiger partial charge in [-0.05, 0) is 57.4 Å². The molecule has 1 atom stereocenters. The van der Waals surface area contributed by atoms with Gasteiger partial charge in [0.25, 0.3) is 0 Å². The van der Waals surface area contributed by atoms with Gasteiger partial charge < -0.3 is 10.0 Å². The Morgan fingerprint density at radius 3 is 2.50 bits per heavy atom. The van der Waals surface area contributed by atoms with Crippen molar-refractivity contribution in [3.63, 3.8) is 0 Å². The van der Waals surface area contributed by atoms with Gasteiger partial charge in [-0.15, -0.1) is 11.3 Å². The van der Waals surface area contributed by atoms with E-state index in [4.69, 9.17) is 0 Å². The Balaban J connectivity index is 2.01. The molecule has 28 heavy (non-hydrogen) atoms. The topological polar surface area (TPSA) is 23.5 Å². The number of aliphatic hydroxyl groups excluding tert-OH is 1. The largest absolute Gasteiger partial charge is 0.351 e. The molecular weight excluding hydrogens is 389 g/mol. The average molecular weight is 418 g/mol. The summed E-state index contributed by atoms with van der Waals surface area (Å²) in [5, 5.41) is 11.1. The second-order valence-electron chi connectivity index (χ2n) is 7.58. The Kier molecular flexibility index (Phi) is 6.58. The van der Waals surface area contributed by atoms with Crippen LogP contribution in [0.25, 0.3) is 10.4 Å². The minimum absolute atomic E-state index is 0.237. The van der Waals surface area contributed by atoms with Crippen molar-refractivity contribution in [2.75, 3.05) is 4.90 Å². The van der Waals surface area contributed by atoms with Crippen molar-refractivity contribution < 1.29 is 9.50 Å². The monoisotopic (exact) mass is 417 g/mol. The summed E-state index contributed by atoms with van der Waals surface area (Å²) in [6.45, 7) is 10.9. The van der Waals surface area contributed by atoms with Gasteiger partial charge in [-0.25, -0.2) is 4.39 Å². The van der Waals surface area contributed by atoms with Crippen molar-refractivity contribution >= 4 is 38.0 Å². The van der Waals surface area contributed by atoms with Gasteiger partial charge in [-0.2, -0.15) is 0 Å². The molecule has 1 aliphatic heterocycles. The normalized spacial score (nSPS) is 15.7. The molecule has 0 spiro atoms. The first-order chi connectivity index (χ1) is 13.3. The van der Waals surface area contributed by atoms with Crippen molar-refractivity contribution in [3.05, 3.63) is 52.7 Å². The zero-order valence-corrected chi connectivity index (χ0v) is 18.8. The van der Waals surface area contributed by atoms with Crippen molar-refractivity contribution in [1.82, 2.24) is 0 Å². The maximum atomic E-state index is 13.3. The number of hydrogen-bond acceptors (Lipinski definition) is 2. The summed E-state index contributed by atoms with van der Waals surface area (Å²) in [4.78, 5) is 5.47. The van der Waals surface area contributed by atoms with Crippen molar-refractivity contribution in [2.24, 2.45) is 5.92 Å². The molecule has 0 bridgehead atoms. The number of anilines is 1. The molecule has 1 aromatic heterocycles. The van der Waals surface area contributed by atoms with E-state index in [9.17, 15) is 9.50 Å². The molecule has 1 aliphatic rings. The summed E-state index contributed by atoms with van der Waals surface area (Å²) in [5.74, 6) is 0.0806. The van der Waals surface area contributed by atoms with Crippen LogP contribution >= 0.6 is 22.3 Å². The Morgan fingerprint density at radius 1 is 1.21 bits per heavy atom. The molecule has 0 fully saturated rings. The third-order valence-corrected chi connectivity index (χ3v) is 7.56. The van der Waals surface area contributed by atoms with Crippen LogP contribution in [0.4, 0.5) is 10.1 Å². The Morgan fingerprint density at radius 2 is 1.89 bits per heavy atom. The summed E-state index contributed by atoms with van der Waals surface area (Å²) in [5.41, 5.74) is 3.42. The number of nitrogens with zero attached hydrogens (tertiary/aromatic N) is 1. The van der Waals surface area contributed by atoms with E-state index in [2.05, 4.69) is 51.7 Å². The van der Waals surface area contributed by atoms with Crippen LogP contribution in [0.2, 0.25) is 0 Å². The summed E-state index contributed by atoms with van der Waals surface area (Å²) >= 11 is 1.56. The van der Waals surface area contributed by atoms with E-state index >= 15 is 0 Å². The van der Waals surface area contributed by atoms with E-state index in [1.165, 1.54) is 33.6 Å². The first kappa shape index (κ1) is 21.0. The first-order valence-corrected chi connectivity index (χ1v) is 11.4. The van der Waals surface area contributed by atoms with Crippen LogP contribution in [-0.2, 0) is 0 Å². The minimum atomic E-state index is -0.237. The molecule has 150 valence electrons. The highest BCUT2D eigenvalue weighted by molar-refractivity contribution is 7.98. The smallest absolute Gasteiger partial charge is 0.147 e. The lowest BCUT2D eigenvalue weighted by molar-refractivity contribution is 0.572. The predicted octanol–water partition coefficient (Wildman–Crippen LogP) is 7.06. The predicted molar refractivity (Wildman–Crippen MR) is 124 cm³/mol. The maximum absolute atomic E-state index is 13.3. The SMILES string of the molecule is CC/C(C)=C\CC(C)C1=S=C(O)c2sc(-c3ccc(F)cc3)cc2N1C(C)C. The summed E-state index contributed by atoms with van der Waals surface area (Å²) in [6.07, 6.45) is 4.33. The second-order valence-corrected chi connectivity index (χ2v) is 9.64. The summed E-state index contributed by atoms with van der Waals surface area (Å²) in [7, 11) is 1.48. The standard InChI is InChI=1S/C23H28FNOS2/c1-6-15(4)7-8-16(5)22-25(14(2)3)19-13-20(27-21(19)23(26)28-22)17-9-11-18(24)12-10-17/h7,9-14,16,26H,6,8H2,1-5H3/b15-7-. The van der Waals surface area contributed by atoms with Crippen molar-refractivity contribution in [1.29, 1.82) is 0 Å². The molecule has 0 aliphatic carbocycles. The van der Waals surface area contributed by atoms with E-state index in [1.54, 1.807) is 23.5 Å². The number of allylic oxidation sites excluding steroid dienone is 2. The molecule has 2 aromatic rings. The van der Waals surface area contributed by atoms with Crippen LogP contribution in [0.3, 0.4) is 0 Å². The van der Waals surface area contributed by atoms with Gasteiger partial charge in [0.15, 0.2) is 0 Å². The lowest BCUT2D eigenvalue weighted by atomic mass is 10.0. The zero-order valence-electron chi connectivity index (χ0n) is 17.1. The molecule has 0 amide bonds. The van der Waals surface area contributed by atoms with Gasteiger partial charge in [0.05, 0.1) is 15.6 Å². The van der Waals surface area contributed by atoms with Crippen molar-refractivity contribution in [2.45, 2.75) is 53.5 Å². The fourth-order valence-corrected chi connectivity index (χ4v) is 5.62. The highest BCUT2D eigenvalue weighted by atomic mass is 32.1. The molecule has 0 radical (unpaired) electrons. The van der Waals surface area contributed by atoms with Gasteiger partial charge in [0.2, 0.25) is 0 Å². The molecule has 3 rings (SSSR count). The molecule has 2 heterocycles. The molecule has 2 nitrogen and oxygen atoms in total. The van der Waals surface area contributed by atoms with E-state index < -0.39 is 0 Å². The third-order valence-electron chi connectivity index (χ3n) is 5.05. The number of fused-ring (bicyclic) bond motifs is 1. The third kappa shape index (κ3) is 4.32. The maximum Gasteiger partial charge on any atom is 0.147 e. The van der Waals surface area contributed by atoms with Crippen LogP contribution in [0, 0.1) is 11.7 Å². The number of halogens is 1. The quantitative estimate of drug-likeness (QED) is 0.401. The van der Waals surface area contributed by atoms with Crippen molar-refractivity contribution in [3.8, 4) is 10.4 Å². The first-order valence-electron chi connectivity index (χ1n) is 9.77. The molecule has 5 heteroatoms. The average Bonchev–Trinajstić information content (AvgIpc) is 3.11. The minimum Gasteiger partial charge on any atom is -0.351 e. The summed E-state index contributed by atoms with van der Waals surface area (Å²) < 4.78 is 13.3.